The second-order valence-corrected chi connectivity index (χ2v) is 11.6. The monoisotopic (exact) mass is 610 g/mol. The molecule has 0 saturated carbocycles. The first kappa shape index (κ1) is 32.1. The largest absolute Gasteiger partial charge is 0.711 e. The lowest BCUT2D eigenvalue weighted by atomic mass is 9.81. The summed E-state index contributed by atoms with van der Waals surface area (Å²) in [5, 5.41) is 25.7. The van der Waals surface area contributed by atoms with E-state index < -0.39 is 45.0 Å². The lowest BCUT2D eigenvalue weighted by molar-refractivity contribution is -0.861. The molecule has 1 fully saturated rings. The molecule has 7 nitrogen and oxygen atoms in total. The number of carbonyl (C=O) groups is 1. The number of hydrogen-bond donors (Lipinski definition) is 0. The Kier molecular flexibility index (Phi) is 8.22. The van der Waals surface area contributed by atoms with E-state index in [9.17, 15) is 41.6 Å². The number of pyridine rings is 1. The number of anilines is 2. The van der Waals surface area contributed by atoms with Crippen LogP contribution in [0.2, 0.25) is 0 Å². The van der Waals surface area contributed by atoms with Crippen LogP contribution in [-0.2, 0) is 22.6 Å². The summed E-state index contributed by atoms with van der Waals surface area (Å²) in [4.78, 5) is 16.8. The van der Waals surface area contributed by atoms with Gasteiger partial charge in [-0.1, -0.05) is 24.3 Å². The van der Waals surface area contributed by atoms with E-state index in [4.69, 9.17) is 0 Å². The van der Waals surface area contributed by atoms with E-state index in [0.29, 0.717) is 41.1 Å². The van der Waals surface area contributed by atoms with Crippen molar-refractivity contribution in [2.75, 3.05) is 50.1 Å². The zero-order chi connectivity index (χ0) is 32.1. The maximum Gasteiger partial charge on any atom is 0.416 e. The topological polar surface area (TPSA) is 73.5 Å². The average Bonchev–Trinajstić information content (AvgIpc) is 2.91. The molecular weight excluding hydrogens is 578 g/mol. The summed E-state index contributed by atoms with van der Waals surface area (Å²) < 4.78 is 81.6. The van der Waals surface area contributed by atoms with Crippen LogP contribution in [-0.4, -0.2) is 50.8 Å². The average molecular weight is 611 g/mol. The van der Waals surface area contributed by atoms with Gasteiger partial charge in [0.05, 0.1) is 29.3 Å². The second kappa shape index (κ2) is 11.0. The van der Waals surface area contributed by atoms with Crippen LogP contribution < -0.4 is 14.5 Å². The van der Waals surface area contributed by atoms with Gasteiger partial charge in [-0.2, -0.15) is 26.3 Å². The van der Waals surface area contributed by atoms with E-state index in [1.165, 1.54) is 20.9 Å². The van der Waals surface area contributed by atoms with E-state index in [2.05, 4.69) is 0 Å². The summed E-state index contributed by atoms with van der Waals surface area (Å²) in [6.45, 7) is 5.43. The highest BCUT2D eigenvalue weighted by Gasteiger charge is 2.41. The molecule has 1 aromatic heterocycles. The molecule has 0 aliphatic carbocycles. The molecule has 3 aromatic rings. The molecule has 2 aromatic carbocycles. The van der Waals surface area contributed by atoms with E-state index in [1.807, 2.05) is 13.0 Å². The lowest BCUT2D eigenvalue weighted by Gasteiger charge is -2.43. The molecule has 13 heteroatoms. The number of aryl methyl sites for hydroxylation is 1. The zero-order valence-corrected chi connectivity index (χ0v) is 24.3. The SMILES string of the molecule is Cc1ccccc1-c1cc(N2CC[N+](C)([O-])CC2)[n+]([O-])cc1N(C)C(=O)C(C)(C)c1cc(C(F)(F)F)cc(C(F)(F)F)c1. The van der Waals surface area contributed by atoms with Crippen molar-refractivity contribution in [3.8, 4) is 11.1 Å². The van der Waals surface area contributed by atoms with Crippen molar-refractivity contribution in [1.29, 1.82) is 0 Å². The Labute approximate surface area is 245 Å². The number of hydroxylamine groups is 3. The van der Waals surface area contributed by atoms with Crippen LogP contribution in [0.15, 0.2) is 54.7 Å². The predicted octanol–water partition coefficient (Wildman–Crippen LogP) is 6.04. The van der Waals surface area contributed by atoms with Crippen LogP contribution in [0.1, 0.15) is 36.1 Å². The van der Waals surface area contributed by atoms with Crippen molar-refractivity contribution in [2.45, 2.75) is 38.5 Å². The summed E-state index contributed by atoms with van der Waals surface area (Å²) in [6, 6.07) is 9.85. The van der Waals surface area contributed by atoms with Gasteiger partial charge in [-0.25, -0.2) is 9.63 Å². The number of hydrogen-bond acceptors (Lipinski definition) is 4. The normalized spacial score (nSPS) is 15.9. The first-order valence-corrected chi connectivity index (χ1v) is 13.4. The fraction of sp³-hybridized carbons (Fsp3) is 0.400. The molecule has 43 heavy (non-hydrogen) atoms. The minimum Gasteiger partial charge on any atom is -0.711 e. The Morgan fingerprint density at radius 3 is 1.93 bits per heavy atom. The molecule has 0 N–H and O–H groups in total. The highest BCUT2D eigenvalue weighted by molar-refractivity contribution is 6.03. The molecule has 1 aliphatic rings. The number of halogens is 6. The first-order chi connectivity index (χ1) is 19.7. The number of likely N-dealkylation sites (N-methyl/N-ethyl adjacent to an activating group) is 2. The second-order valence-electron chi connectivity index (χ2n) is 11.6. The predicted molar refractivity (Wildman–Crippen MR) is 150 cm³/mol. The molecule has 1 aliphatic heterocycles. The van der Waals surface area contributed by atoms with Crippen LogP contribution in [0, 0.1) is 17.3 Å². The van der Waals surface area contributed by atoms with Crippen LogP contribution >= 0.6 is 0 Å². The standard InChI is InChI=1S/C30H32F6N4O3/c1-19-8-6-7-9-23(19)24-17-26(38-10-12-40(5,43)13-11-38)39(42)18-25(24)37(4)27(41)28(2,3)20-14-21(29(31,32)33)16-22(15-20)30(34,35)36/h6-9,14-18H,10-13H2,1-5H3. The fourth-order valence-corrected chi connectivity index (χ4v) is 5.19. The van der Waals surface area contributed by atoms with E-state index in [1.54, 1.807) is 36.2 Å². The number of piperazine rings is 1. The van der Waals surface area contributed by atoms with Gasteiger partial charge in [-0.15, -0.1) is 0 Å². The van der Waals surface area contributed by atoms with Crippen molar-refractivity contribution in [2.24, 2.45) is 0 Å². The number of nitrogens with zero attached hydrogens (tertiary/aromatic N) is 4. The molecule has 0 radical (unpaired) electrons. The van der Waals surface area contributed by atoms with E-state index >= 15 is 0 Å². The third kappa shape index (κ3) is 6.57. The van der Waals surface area contributed by atoms with Gasteiger partial charge in [0, 0.05) is 18.7 Å². The third-order valence-corrected chi connectivity index (χ3v) is 7.97. The van der Waals surface area contributed by atoms with Gasteiger partial charge in [-0.05, 0) is 55.7 Å². The third-order valence-electron chi connectivity index (χ3n) is 7.97. The zero-order valence-electron chi connectivity index (χ0n) is 24.3. The quantitative estimate of drug-likeness (QED) is 0.153. The van der Waals surface area contributed by atoms with Gasteiger partial charge < -0.3 is 20.0 Å². The number of quaternary nitrogens is 1. The minimum absolute atomic E-state index is 0.0119. The van der Waals surface area contributed by atoms with Gasteiger partial charge in [0.25, 0.3) is 5.82 Å². The molecule has 1 saturated heterocycles. The van der Waals surface area contributed by atoms with Gasteiger partial charge in [0.1, 0.15) is 32.4 Å². The first-order valence-electron chi connectivity index (χ1n) is 13.4. The van der Waals surface area contributed by atoms with Gasteiger partial charge in [0.15, 0.2) is 0 Å². The number of rotatable bonds is 5. The maximum absolute atomic E-state index is 13.9. The molecule has 0 atom stereocenters. The summed E-state index contributed by atoms with van der Waals surface area (Å²) in [6.07, 6.45) is -9.00. The van der Waals surface area contributed by atoms with Gasteiger partial charge in [0.2, 0.25) is 5.91 Å². The molecule has 0 spiro atoms. The summed E-state index contributed by atoms with van der Waals surface area (Å²) in [5.74, 6) is -0.588. The Balaban J connectivity index is 1.83. The van der Waals surface area contributed by atoms with Crippen molar-refractivity contribution in [1.82, 2.24) is 0 Å². The van der Waals surface area contributed by atoms with Crippen LogP contribution in [0.25, 0.3) is 11.1 Å². The molecule has 0 bridgehead atoms. The maximum atomic E-state index is 13.9. The fourth-order valence-electron chi connectivity index (χ4n) is 5.19. The van der Waals surface area contributed by atoms with Crippen molar-refractivity contribution >= 4 is 17.4 Å². The van der Waals surface area contributed by atoms with Crippen LogP contribution in [0.4, 0.5) is 37.8 Å². The summed E-state index contributed by atoms with van der Waals surface area (Å²) in [7, 11) is 2.87. The van der Waals surface area contributed by atoms with Crippen molar-refractivity contribution in [3.05, 3.63) is 87.4 Å². The highest BCUT2D eigenvalue weighted by atomic mass is 19.4. The number of alkyl halides is 6. The molecule has 2 heterocycles. The van der Waals surface area contributed by atoms with E-state index in [0.717, 1.165) is 16.7 Å². The molecule has 1 amide bonds. The van der Waals surface area contributed by atoms with E-state index in [-0.39, 0.29) is 30.7 Å². The Bertz CT molecular complexity index is 1490. The molecule has 232 valence electrons. The number of aromatic nitrogens is 1. The van der Waals surface area contributed by atoms with Crippen LogP contribution in [0.3, 0.4) is 0 Å². The van der Waals surface area contributed by atoms with Gasteiger partial charge >= 0.3 is 12.4 Å². The molecule has 4 rings (SSSR count). The Morgan fingerprint density at radius 1 is 0.907 bits per heavy atom. The summed E-state index contributed by atoms with van der Waals surface area (Å²) >= 11 is 0. The highest BCUT2D eigenvalue weighted by Crippen LogP contribution is 2.41. The minimum atomic E-state index is -5.08. The smallest absolute Gasteiger partial charge is 0.416 e. The Hall–Kier alpha value is -3.84. The van der Waals surface area contributed by atoms with Crippen molar-refractivity contribution in [3.63, 3.8) is 0 Å². The number of carbonyl (C=O) groups excluding carboxylic acids is 1. The number of benzene rings is 2. The summed E-state index contributed by atoms with van der Waals surface area (Å²) in [5.41, 5.74) is -3.38. The van der Waals surface area contributed by atoms with Gasteiger partial charge in [-0.3, -0.25) is 4.79 Å². The molecular formula is C30H32F6N4O3. The number of amides is 1. The lowest BCUT2D eigenvalue weighted by Crippen LogP contribution is -2.56. The Morgan fingerprint density at radius 2 is 1.42 bits per heavy atom. The molecule has 0 unspecified atom stereocenters. The van der Waals surface area contributed by atoms with Crippen LogP contribution in [0.5, 0.6) is 0 Å². The van der Waals surface area contributed by atoms with Crippen molar-refractivity contribution < 1.29 is 40.5 Å².